The van der Waals surface area contributed by atoms with Gasteiger partial charge in [0.15, 0.2) is 5.82 Å². The van der Waals surface area contributed by atoms with Gasteiger partial charge in [-0.1, -0.05) is 0 Å². The highest BCUT2D eigenvalue weighted by molar-refractivity contribution is 7.91. The van der Waals surface area contributed by atoms with E-state index in [0.29, 0.717) is 17.0 Å². The van der Waals surface area contributed by atoms with Gasteiger partial charge in [0.2, 0.25) is 5.95 Å². The van der Waals surface area contributed by atoms with Crippen molar-refractivity contribution in [3.63, 3.8) is 0 Å². The number of hydrogen-bond acceptors (Lipinski definition) is 7. The fourth-order valence-corrected chi connectivity index (χ4v) is 5.61. The van der Waals surface area contributed by atoms with Crippen molar-refractivity contribution in [1.82, 2.24) is 24.7 Å². The minimum atomic E-state index is -4.69. The zero-order valence-electron chi connectivity index (χ0n) is 17.4. The van der Waals surface area contributed by atoms with Crippen LogP contribution in [0.5, 0.6) is 0 Å². The Hall–Kier alpha value is -2.51. The summed E-state index contributed by atoms with van der Waals surface area (Å²) in [5, 5.41) is 2.60. The maximum Gasteiger partial charge on any atom is 0.421 e. The maximum atomic E-state index is 13.5. The summed E-state index contributed by atoms with van der Waals surface area (Å²) in [6, 6.07) is 2.84. The van der Waals surface area contributed by atoms with Gasteiger partial charge in [-0.15, -0.1) is 11.3 Å². The molecular weight excluding hydrogens is 465 g/mol. The quantitative estimate of drug-likeness (QED) is 0.468. The first-order valence-corrected chi connectivity index (χ1v) is 12.0. The molecule has 32 heavy (non-hydrogen) atoms. The van der Waals surface area contributed by atoms with Gasteiger partial charge in [-0.3, -0.25) is 0 Å². The molecule has 0 atom stereocenters. The largest absolute Gasteiger partial charge is 0.421 e. The second kappa shape index (κ2) is 7.81. The molecular formula is C19H21F3N6O2S2. The van der Waals surface area contributed by atoms with Crippen molar-refractivity contribution in [2.75, 3.05) is 5.32 Å². The van der Waals surface area contributed by atoms with Crippen LogP contribution in [-0.2, 0) is 16.2 Å². The fraction of sp³-hybridized carbons (Fsp3) is 0.421. The lowest BCUT2D eigenvalue weighted by molar-refractivity contribution is -0.137. The van der Waals surface area contributed by atoms with Crippen LogP contribution in [0.3, 0.4) is 0 Å². The minimum Gasteiger partial charge on any atom is -0.330 e. The molecule has 0 bridgehead atoms. The van der Waals surface area contributed by atoms with Crippen LogP contribution >= 0.6 is 11.3 Å². The Balaban J connectivity index is 1.66. The lowest BCUT2D eigenvalue weighted by Gasteiger charge is -2.19. The van der Waals surface area contributed by atoms with E-state index in [9.17, 15) is 21.6 Å². The molecule has 4 rings (SSSR count). The lowest BCUT2D eigenvalue weighted by atomic mass is 10.1. The summed E-state index contributed by atoms with van der Waals surface area (Å²) >= 11 is 0.870. The third kappa shape index (κ3) is 5.10. The van der Waals surface area contributed by atoms with E-state index in [0.717, 1.165) is 29.9 Å². The highest BCUT2D eigenvalue weighted by atomic mass is 32.2. The van der Waals surface area contributed by atoms with Crippen LogP contribution in [0, 0.1) is 0 Å². The molecule has 1 saturated carbocycles. The standard InChI is InChI=1S/C19H21F3N6O2S2/c1-18(2,3)28-32(29,30)14-7-6-13(31-14)16-23-8-11(19(20,21)22)15(26-16)27-17-24-9-12(25-17)10-4-5-10/h6-10,28H,4-5H2,1-3H3,(H2,23,24,25,26,27). The van der Waals surface area contributed by atoms with Gasteiger partial charge in [-0.25, -0.2) is 28.1 Å². The molecule has 0 unspecified atom stereocenters. The Labute approximate surface area is 186 Å². The SMILES string of the molecule is CC(C)(C)NS(=O)(=O)c1ccc(-c2ncc(C(F)(F)F)c(Nc3nc(C4CC4)c[nH]3)n2)s1. The molecule has 1 fully saturated rings. The van der Waals surface area contributed by atoms with Crippen LogP contribution in [0.2, 0.25) is 0 Å². The van der Waals surface area contributed by atoms with Gasteiger partial charge in [0.25, 0.3) is 10.0 Å². The number of aromatic nitrogens is 4. The number of aromatic amines is 1. The van der Waals surface area contributed by atoms with Crippen molar-refractivity contribution in [1.29, 1.82) is 0 Å². The molecule has 3 aromatic heterocycles. The maximum absolute atomic E-state index is 13.5. The van der Waals surface area contributed by atoms with Gasteiger partial charge in [0.1, 0.15) is 15.6 Å². The third-order valence-corrected chi connectivity index (χ3v) is 7.76. The molecule has 0 radical (unpaired) electrons. The first kappa shape index (κ1) is 22.7. The van der Waals surface area contributed by atoms with Crippen molar-refractivity contribution in [3.8, 4) is 10.7 Å². The molecule has 13 heteroatoms. The van der Waals surface area contributed by atoms with Gasteiger partial charge in [0, 0.05) is 23.9 Å². The third-order valence-electron chi connectivity index (χ3n) is 4.43. The predicted molar refractivity (Wildman–Crippen MR) is 114 cm³/mol. The summed E-state index contributed by atoms with van der Waals surface area (Å²) in [7, 11) is -3.79. The Morgan fingerprint density at radius 1 is 1.16 bits per heavy atom. The molecule has 1 aliphatic carbocycles. The van der Waals surface area contributed by atoms with Crippen LogP contribution in [0.4, 0.5) is 24.9 Å². The van der Waals surface area contributed by atoms with Crippen LogP contribution in [-0.4, -0.2) is 33.9 Å². The van der Waals surface area contributed by atoms with Crippen LogP contribution < -0.4 is 10.0 Å². The Bertz CT molecular complexity index is 1240. The van der Waals surface area contributed by atoms with Crippen LogP contribution in [0.15, 0.2) is 28.7 Å². The van der Waals surface area contributed by atoms with E-state index in [1.54, 1.807) is 27.0 Å². The average Bonchev–Trinajstić information content (AvgIpc) is 3.18. The molecule has 3 aromatic rings. The normalized spacial score (nSPS) is 15.2. The average molecular weight is 487 g/mol. The number of nitrogens with zero attached hydrogens (tertiary/aromatic N) is 3. The summed E-state index contributed by atoms with van der Waals surface area (Å²) < 4.78 is 68.1. The van der Waals surface area contributed by atoms with Crippen molar-refractivity contribution < 1.29 is 21.6 Å². The van der Waals surface area contributed by atoms with E-state index < -0.39 is 33.1 Å². The van der Waals surface area contributed by atoms with Crippen LogP contribution in [0.25, 0.3) is 10.7 Å². The molecule has 1 aliphatic rings. The van der Waals surface area contributed by atoms with E-state index in [1.807, 2.05) is 0 Å². The highest BCUT2D eigenvalue weighted by Gasteiger charge is 2.36. The monoisotopic (exact) mass is 486 g/mol. The van der Waals surface area contributed by atoms with Crippen molar-refractivity contribution in [3.05, 3.63) is 35.8 Å². The fourth-order valence-electron chi connectivity index (χ4n) is 2.94. The number of alkyl halides is 3. The molecule has 0 saturated heterocycles. The second-order valence-corrected chi connectivity index (χ2v) is 11.5. The highest BCUT2D eigenvalue weighted by Crippen LogP contribution is 2.40. The summed E-state index contributed by atoms with van der Waals surface area (Å²) in [5.41, 5.74) is -0.952. The molecule has 0 spiro atoms. The Kier molecular flexibility index (Phi) is 5.54. The minimum absolute atomic E-state index is 0.0144. The zero-order chi connectivity index (χ0) is 23.3. The number of nitrogens with one attached hydrogen (secondary N) is 3. The number of anilines is 2. The number of H-pyrrole nitrogens is 1. The Morgan fingerprint density at radius 2 is 1.88 bits per heavy atom. The van der Waals surface area contributed by atoms with Gasteiger partial charge in [-0.05, 0) is 45.7 Å². The molecule has 0 aliphatic heterocycles. The number of halogens is 3. The van der Waals surface area contributed by atoms with Crippen molar-refractivity contribution >= 4 is 33.1 Å². The van der Waals surface area contributed by atoms with Gasteiger partial charge in [-0.2, -0.15) is 13.2 Å². The van der Waals surface area contributed by atoms with E-state index >= 15 is 0 Å². The molecule has 0 amide bonds. The molecule has 172 valence electrons. The summed E-state index contributed by atoms with van der Waals surface area (Å²) in [4.78, 5) is 15.3. The van der Waals surface area contributed by atoms with Crippen molar-refractivity contribution in [2.45, 2.75) is 55.5 Å². The van der Waals surface area contributed by atoms with Crippen LogP contribution in [0.1, 0.15) is 50.8 Å². The Morgan fingerprint density at radius 3 is 2.50 bits per heavy atom. The van der Waals surface area contributed by atoms with E-state index in [-0.39, 0.29) is 16.0 Å². The number of rotatable bonds is 6. The summed E-state index contributed by atoms with van der Waals surface area (Å²) in [5.74, 6) is -0.0228. The zero-order valence-corrected chi connectivity index (χ0v) is 19.0. The number of hydrogen-bond donors (Lipinski definition) is 3. The second-order valence-electron chi connectivity index (χ2n) is 8.50. The summed E-state index contributed by atoms with van der Waals surface area (Å²) in [6.45, 7) is 5.12. The topological polar surface area (TPSA) is 113 Å². The number of sulfonamides is 1. The van der Waals surface area contributed by atoms with E-state index in [2.05, 4.69) is 30.0 Å². The molecule has 8 nitrogen and oxygen atoms in total. The van der Waals surface area contributed by atoms with Gasteiger partial charge >= 0.3 is 6.18 Å². The van der Waals surface area contributed by atoms with E-state index in [1.165, 1.54) is 12.1 Å². The number of thiophene rings is 1. The smallest absolute Gasteiger partial charge is 0.330 e. The van der Waals surface area contributed by atoms with Gasteiger partial charge in [0.05, 0.1) is 10.6 Å². The van der Waals surface area contributed by atoms with Crippen molar-refractivity contribution in [2.24, 2.45) is 0 Å². The molecule has 3 N–H and O–H groups in total. The van der Waals surface area contributed by atoms with Gasteiger partial charge < -0.3 is 10.3 Å². The van der Waals surface area contributed by atoms with E-state index in [4.69, 9.17) is 0 Å². The first-order valence-electron chi connectivity index (χ1n) is 9.72. The molecule has 0 aromatic carbocycles. The predicted octanol–water partition coefficient (Wildman–Crippen LogP) is 4.64. The number of imidazole rings is 1. The molecule has 3 heterocycles. The summed E-state index contributed by atoms with van der Waals surface area (Å²) in [6.07, 6.45) is -0.342. The lowest BCUT2D eigenvalue weighted by Crippen LogP contribution is -2.40. The first-order chi connectivity index (χ1) is 14.8.